The Bertz CT molecular complexity index is 756. The van der Waals surface area contributed by atoms with Crippen molar-refractivity contribution in [2.45, 2.75) is 38.6 Å². The maximum atomic E-state index is 12.2. The maximum absolute atomic E-state index is 12.2. The summed E-state index contributed by atoms with van der Waals surface area (Å²) >= 11 is 0. The number of ether oxygens (including phenoxy) is 1. The van der Waals surface area contributed by atoms with Crippen molar-refractivity contribution in [3.63, 3.8) is 0 Å². The molecule has 9 nitrogen and oxygen atoms in total. The first-order valence-corrected chi connectivity index (χ1v) is 9.10. The number of amides is 2. The first kappa shape index (κ1) is 18.8. The highest BCUT2D eigenvalue weighted by atomic mass is 16.6. The molecule has 144 valence electrons. The zero-order valence-corrected chi connectivity index (χ0v) is 15.3. The number of piperidine rings is 1. The van der Waals surface area contributed by atoms with E-state index in [0.717, 1.165) is 12.8 Å². The molecule has 0 atom stereocenters. The van der Waals surface area contributed by atoms with Gasteiger partial charge in [0.1, 0.15) is 5.69 Å². The number of rotatable bonds is 6. The molecule has 9 heteroatoms. The molecular formula is C18H23N5O4. The molecular weight excluding hydrogens is 350 g/mol. The Hall–Kier alpha value is -2.97. The van der Waals surface area contributed by atoms with E-state index in [1.165, 1.54) is 0 Å². The fraction of sp³-hybridized carbons (Fsp3) is 0.500. The van der Waals surface area contributed by atoms with Gasteiger partial charge in [-0.05, 0) is 31.9 Å². The number of hydrogen-bond acceptors (Lipinski definition) is 7. The predicted octanol–water partition coefficient (Wildman–Crippen LogP) is 1.80. The molecule has 27 heavy (non-hydrogen) atoms. The highest BCUT2D eigenvalue weighted by molar-refractivity contribution is 5.76. The number of carbonyl (C=O) groups excluding carboxylic acids is 2. The number of likely N-dealkylation sites (tertiary alicyclic amines) is 1. The quantitative estimate of drug-likeness (QED) is 0.822. The first-order valence-electron chi connectivity index (χ1n) is 9.10. The van der Waals surface area contributed by atoms with Crippen molar-refractivity contribution in [1.82, 2.24) is 25.4 Å². The molecule has 0 aromatic carbocycles. The summed E-state index contributed by atoms with van der Waals surface area (Å²) in [7, 11) is 0. The van der Waals surface area contributed by atoms with Crippen molar-refractivity contribution in [2.24, 2.45) is 0 Å². The summed E-state index contributed by atoms with van der Waals surface area (Å²) in [6.45, 7) is 3.32. The smallest absolute Gasteiger partial charge is 0.409 e. The monoisotopic (exact) mass is 373 g/mol. The Morgan fingerprint density at radius 2 is 2.11 bits per heavy atom. The normalized spacial score (nSPS) is 14.8. The topological polar surface area (TPSA) is 110 Å². The molecule has 0 unspecified atom stereocenters. The number of nitrogens with one attached hydrogen (secondary N) is 1. The highest BCUT2D eigenvalue weighted by Gasteiger charge is 2.24. The molecule has 0 saturated carbocycles. The summed E-state index contributed by atoms with van der Waals surface area (Å²) in [4.78, 5) is 29.7. The van der Waals surface area contributed by atoms with E-state index in [4.69, 9.17) is 9.15 Å². The standard InChI is InChI=1S/C18H23N5O4/c1-2-26-18(25)23-11-8-13(9-12-23)20-15(24)6-7-16-21-22-17(27-16)14-5-3-4-10-19-14/h3-5,10,13H,2,6-9,11-12H2,1H3,(H,20,24). The zero-order chi connectivity index (χ0) is 19.1. The molecule has 1 aliphatic rings. The summed E-state index contributed by atoms with van der Waals surface area (Å²) in [5, 5.41) is 10.9. The van der Waals surface area contributed by atoms with Gasteiger partial charge < -0.3 is 19.4 Å². The minimum absolute atomic E-state index is 0.0648. The van der Waals surface area contributed by atoms with Crippen LogP contribution in [-0.2, 0) is 16.0 Å². The van der Waals surface area contributed by atoms with Gasteiger partial charge >= 0.3 is 6.09 Å². The molecule has 1 fully saturated rings. The summed E-state index contributed by atoms with van der Waals surface area (Å²) in [6.07, 6.45) is 3.43. The highest BCUT2D eigenvalue weighted by Crippen LogP contribution is 2.15. The second kappa shape index (κ2) is 9.11. The molecule has 0 radical (unpaired) electrons. The first-order chi connectivity index (χ1) is 13.2. The lowest BCUT2D eigenvalue weighted by Gasteiger charge is -2.31. The zero-order valence-electron chi connectivity index (χ0n) is 15.3. The Morgan fingerprint density at radius 1 is 1.30 bits per heavy atom. The molecule has 3 heterocycles. The fourth-order valence-corrected chi connectivity index (χ4v) is 2.89. The molecule has 1 aliphatic heterocycles. The lowest BCUT2D eigenvalue weighted by atomic mass is 10.1. The van der Waals surface area contributed by atoms with Crippen LogP contribution < -0.4 is 5.32 Å². The van der Waals surface area contributed by atoms with Crippen LogP contribution in [0.5, 0.6) is 0 Å². The third-order valence-electron chi connectivity index (χ3n) is 4.30. The third-order valence-corrected chi connectivity index (χ3v) is 4.30. The van der Waals surface area contributed by atoms with Crippen molar-refractivity contribution >= 4 is 12.0 Å². The van der Waals surface area contributed by atoms with E-state index < -0.39 is 0 Å². The van der Waals surface area contributed by atoms with Crippen LogP contribution in [0, 0.1) is 0 Å². The predicted molar refractivity (Wildman–Crippen MR) is 95.6 cm³/mol. The van der Waals surface area contributed by atoms with Gasteiger partial charge in [-0.2, -0.15) is 0 Å². The van der Waals surface area contributed by atoms with Gasteiger partial charge in [0.15, 0.2) is 0 Å². The van der Waals surface area contributed by atoms with Gasteiger partial charge in [0, 0.05) is 38.2 Å². The van der Waals surface area contributed by atoms with Crippen molar-refractivity contribution in [3.8, 4) is 11.6 Å². The maximum Gasteiger partial charge on any atom is 0.409 e. The van der Waals surface area contributed by atoms with Gasteiger partial charge in [-0.1, -0.05) is 6.07 Å². The van der Waals surface area contributed by atoms with Gasteiger partial charge in [0.25, 0.3) is 5.89 Å². The van der Waals surface area contributed by atoms with Crippen molar-refractivity contribution in [2.75, 3.05) is 19.7 Å². The van der Waals surface area contributed by atoms with Crippen molar-refractivity contribution in [3.05, 3.63) is 30.3 Å². The van der Waals surface area contributed by atoms with Crippen LogP contribution in [0.15, 0.2) is 28.8 Å². The molecule has 3 rings (SSSR count). The third kappa shape index (κ3) is 5.25. The van der Waals surface area contributed by atoms with E-state index in [2.05, 4.69) is 20.5 Å². The number of nitrogens with zero attached hydrogens (tertiary/aromatic N) is 4. The van der Waals surface area contributed by atoms with Crippen LogP contribution in [0.2, 0.25) is 0 Å². The van der Waals surface area contributed by atoms with E-state index in [0.29, 0.717) is 43.6 Å². The molecule has 2 aromatic rings. The fourth-order valence-electron chi connectivity index (χ4n) is 2.89. The van der Waals surface area contributed by atoms with Gasteiger partial charge in [0.05, 0.1) is 6.61 Å². The molecule has 1 N–H and O–H groups in total. The van der Waals surface area contributed by atoms with Crippen LogP contribution in [0.3, 0.4) is 0 Å². The lowest BCUT2D eigenvalue weighted by Crippen LogP contribution is -2.46. The largest absolute Gasteiger partial charge is 0.450 e. The summed E-state index contributed by atoms with van der Waals surface area (Å²) < 4.78 is 10.5. The Labute approximate surface area is 157 Å². The number of pyridine rings is 1. The van der Waals surface area contributed by atoms with Crippen LogP contribution in [-0.4, -0.2) is 57.8 Å². The minimum atomic E-state index is -0.289. The molecule has 1 saturated heterocycles. The van der Waals surface area contributed by atoms with E-state index in [1.807, 2.05) is 12.1 Å². The van der Waals surface area contributed by atoms with Crippen molar-refractivity contribution < 1.29 is 18.7 Å². The SMILES string of the molecule is CCOC(=O)N1CCC(NC(=O)CCc2nnc(-c3ccccn3)o2)CC1. The van der Waals surface area contributed by atoms with Gasteiger partial charge in [-0.3, -0.25) is 9.78 Å². The average molecular weight is 373 g/mol. The number of carbonyl (C=O) groups is 2. The summed E-state index contributed by atoms with van der Waals surface area (Å²) in [5.74, 6) is 0.683. The van der Waals surface area contributed by atoms with Gasteiger partial charge in [0.2, 0.25) is 11.8 Å². The number of hydrogen-bond donors (Lipinski definition) is 1. The van der Waals surface area contributed by atoms with E-state index in [9.17, 15) is 9.59 Å². The second-order valence-corrected chi connectivity index (χ2v) is 6.24. The molecule has 2 aromatic heterocycles. The Kier molecular flexibility index (Phi) is 6.35. The van der Waals surface area contributed by atoms with Crippen LogP contribution in [0.4, 0.5) is 4.79 Å². The number of aromatic nitrogens is 3. The van der Waals surface area contributed by atoms with Crippen LogP contribution in [0.1, 0.15) is 32.1 Å². The minimum Gasteiger partial charge on any atom is -0.450 e. The van der Waals surface area contributed by atoms with Crippen LogP contribution in [0.25, 0.3) is 11.6 Å². The molecule has 2 amide bonds. The summed E-state index contributed by atoms with van der Waals surface area (Å²) in [6, 6.07) is 5.50. The molecule has 0 bridgehead atoms. The lowest BCUT2D eigenvalue weighted by molar-refractivity contribution is -0.122. The van der Waals surface area contributed by atoms with Crippen molar-refractivity contribution in [1.29, 1.82) is 0 Å². The Morgan fingerprint density at radius 3 is 2.81 bits per heavy atom. The Balaban J connectivity index is 1.41. The van der Waals surface area contributed by atoms with E-state index >= 15 is 0 Å². The molecule has 0 aliphatic carbocycles. The van der Waals surface area contributed by atoms with E-state index in [-0.39, 0.29) is 24.5 Å². The van der Waals surface area contributed by atoms with Gasteiger partial charge in [-0.25, -0.2) is 4.79 Å². The average Bonchev–Trinajstić information content (AvgIpc) is 3.17. The summed E-state index contributed by atoms with van der Waals surface area (Å²) in [5.41, 5.74) is 0.606. The molecule has 0 spiro atoms. The van der Waals surface area contributed by atoms with Gasteiger partial charge in [-0.15, -0.1) is 10.2 Å². The van der Waals surface area contributed by atoms with Crippen LogP contribution >= 0.6 is 0 Å². The number of aryl methyl sites for hydroxylation is 1. The second-order valence-electron chi connectivity index (χ2n) is 6.24. The van der Waals surface area contributed by atoms with E-state index in [1.54, 1.807) is 24.1 Å².